The SMILES string of the molecule is CCOc1cc2c(cc1COC(=O)CNS(=O)(=O)c1ccc(NC)c([N+](=O)[O-])c1)OC(C)C2. The van der Waals surface area contributed by atoms with Gasteiger partial charge in [-0.3, -0.25) is 14.9 Å². The molecule has 0 spiro atoms. The lowest BCUT2D eigenvalue weighted by molar-refractivity contribution is -0.384. The number of rotatable bonds is 10. The maximum absolute atomic E-state index is 12.5. The van der Waals surface area contributed by atoms with Crippen LogP contribution >= 0.6 is 0 Å². The Morgan fingerprint density at radius 2 is 2.06 bits per heavy atom. The van der Waals surface area contributed by atoms with Crippen molar-refractivity contribution in [1.29, 1.82) is 0 Å². The van der Waals surface area contributed by atoms with Gasteiger partial charge in [0.2, 0.25) is 10.0 Å². The zero-order chi connectivity index (χ0) is 24.2. The summed E-state index contributed by atoms with van der Waals surface area (Å²) < 4.78 is 43.6. The zero-order valence-electron chi connectivity index (χ0n) is 18.4. The number of esters is 1. The van der Waals surface area contributed by atoms with Crippen molar-refractivity contribution in [2.75, 3.05) is 25.5 Å². The Bertz CT molecular complexity index is 1170. The molecule has 2 N–H and O–H groups in total. The first kappa shape index (κ1) is 24.3. The third-order valence-electron chi connectivity index (χ3n) is 4.92. The number of nitrogens with one attached hydrogen (secondary N) is 2. The fourth-order valence-corrected chi connectivity index (χ4v) is 4.36. The number of fused-ring (bicyclic) bond motifs is 1. The van der Waals surface area contributed by atoms with Gasteiger partial charge in [-0.25, -0.2) is 8.42 Å². The number of sulfonamides is 1. The smallest absolute Gasteiger partial charge is 0.321 e. The standard InChI is InChI=1S/C21H25N3O8S/c1-4-30-19-8-14-7-13(2)32-20(14)9-15(19)12-31-21(25)11-23-33(28,29)16-5-6-17(22-3)18(10-16)24(26)27/h5-6,8-10,13,22-23H,4,7,11-12H2,1-3H3. The number of carbonyl (C=O) groups is 1. The van der Waals surface area contributed by atoms with E-state index in [0.717, 1.165) is 18.1 Å². The molecule has 1 atom stereocenters. The molecule has 0 amide bonds. The van der Waals surface area contributed by atoms with E-state index >= 15 is 0 Å². The van der Waals surface area contributed by atoms with Crippen LogP contribution in [0.2, 0.25) is 0 Å². The topological polar surface area (TPSA) is 146 Å². The number of nitro groups is 1. The Labute approximate surface area is 191 Å². The summed E-state index contributed by atoms with van der Waals surface area (Å²) >= 11 is 0. The predicted molar refractivity (Wildman–Crippen MR) is 119 cm³/mol. The average Bonchev–Trinajstić information content (AvgIpc) is 3.14. The number of carbonyl (C=O) groups excluding carboxylic acids is 1. The first-order valence-corrected chi connectivity index (χ1v) is 11.7. The second kappa shape index (κ2) is 10.0. The lowest BCUT2D eigenvalue weighted by atomic mass is 10.1. The predicted octanol–water partition coefficient (Wildman–Crippen LogP) is 2.38. The summed E-state index contributed by atoms with van der Waals surface area (Å²) in [5.74, 6) is 0.445. The van der Waals surface area contributed by atoms with Crippen LogP contribution in [-0.4, -0.2) is 45.6 Å². The van der Waals surface area contributed by atoms with Crippen LogP contribution in [0.4, 0.5) is 11.4 Å². The van der Waals surface area contributed by atoms with Crippen molar-refractivity contribution in [3.8, 4) is 11.5 Å². The van der Waals surface area contributed by atoms with E-state index in [1.54, 1.807) is 6.07 Å². The van der Waals surface area contributed by atoms with Crippen LogP contribution in [0.3, 0.4) is 0 Å². The molecular formula is C21H25N3O8S. The molecule has 2 aromatic rings. The third-order valence-corrected chi connectivity index (χ3v) is 6.32. The molecule has 1 aliphatic heterocycles. The monoisotopic (exact) mass is 479 g/mol. The molecule has 0 bridgehead atoms. The lowest BCUT2D eigenvalue weighted by Crippen LogP contribution is -2.30. The first-order valence-electron chi connectivity index (χ1n) is 10.2. The van der Waals surface area contributed by atoms with Crippen molar-refractivity contribution < 1.29 is 32.3 Å². The summed E-state index contributed by atoms with van der Waals surface area (Å²) in [5.41, 5.74) is 1.36. The van der Waals surface area contributed by atoms with Crippen molar-refractivity contribution in [3.05, 3.63) is 51.6 Å². The minimum atomic E-state index is -4.18. The Balaban J connectivity index is 1.65. The molecule has 2 aromatic carbocycles. The minimum Gasteiger partial charge on any atom is -0.493 e. The molecule has 0 aromatic heterocycles. The summed E-state index contributed by atoms with van der Waals surface area (Å²) in [6, 6.07) is 7.00. The van der Waals surface area contributed by atoms with Crippen molar-refractivity contribution in [2.24, 2.45) is 0 Å². The summed E-state index contributed by atoms with van der Waals surface area (Å²) in [7, 11) is -2.70. The van der Waals surface area contributed by atoms with Gasteiger partial charge in [0.15, 0.2) is 0 Å². The zero-order valence-corrected chi connectivity index (χ0v) is 19.2. The highest BCUT2D eigenvalue weighted by atomic mass is 32.2. The van der Waals surface area contributed by atoms with Gasteiger partial charge in [-0.05, 0) is 38.1 Å². The molecule has 11 nitrogen and oxygen atoms in total. The van der Waals surface area contributed by atoms with Gasteiger partial charge in [0, 0.05) is 30.7 Å². The molecule has 3 rings (SSSR count). The van der Waals surface area contributed by atoms with Crippen LogP contribution in [0.25, 0.3) is 0 Å². The van der Waals surface area contributed by atoms with Gasteiger partial charge >= 0.3 is 5.97 Å². The number of ether oxygens (including phenoxy) is 3. The van der Waals surface area contributed by atoms with Crippen LogP contribution in [0.5, 0.6) is 11.5 Å². The maximum Gasteiger partial charge on any atom is 0.321 e. The van der Waals surface area contributed by atoms with Gasteiger partial charge in [0.1, 0.15) is 36.4 Å². The second-order valence-electron chi connectivity index (χ2n) is 7.30. The van der Waals surface area contributed by atoms with Gasteiger partial charge in [-0.2, -0.15) is 4.72 Å². The summed E-state index contributed by atoms with van der Waals surface area (Å²) in [4.78, 5) is 22.3. The fraction of sp³-hybridized carbons (Fsp3) is 0.381. The van der Waals surface area contributed by atoms with Crippen molar-refractivity contribution in [2.45, 2.75) is 37.9 Å². The van der Waals surface area contributed by atoms with Crippen LogP contribution in [0, 0.1) is 10.1 Å². The van der Waals surface area contributed by atoms with E-state index in [1.165, 1.54) is 19.2 Å². The number of benzene rings is 2. The van der Waals surface area contributed by atoms with Gasteiger partial charge in [0.25, 0.3) is 5.69 Å². The van der Waals surface area contributed by atoms with Crippen LogP contribution < -0.4 is 19.5 Å². The molecule has 1 unspecified atom stereocenters. The van der Waals surface area contributed by atoms with E-state index in [1.807, 2.05) is 19.9 Å². The summed E-state index contributed by atoms with van der Waals surface area (Å²) in [5, 5.41) is 13.8. The molecule has 178 valence electrons. The second-order valence-corrected chi connectivity index (χ2v) is 9.07. The molecule has 1 aliphatic rings. The van der Waals surface area contributed by atoms with Crippen molar-refractivity contribution >= 4 is 27.4 Å². The molecule has 33 heavy (non-hydrogen) atoms. The van der Waals surface area contributed by atoms with E-state index in [4.69, 9.17) is 14.2 Å². The van der Waals surface area contributed by atoms with Gasteiger partial charge in [0.05, 0.1) is 16.4 Å². The molecule has 0 saturated heterocycles. The number of hydrogen-bond donors (Lipinski definition) is 2. The van der Waals surface area contributed by atoms with E-state index in [9.17, 15) is 23.3 Å². The Morgan fingerprint density at radius 1 is 1.30 bits per heavy atom. The van der Waals surface area contributed by atoms with Gasteiger partial charge in [-0.15, -0.1) is 0 Å². The summed E-state index contributed by atoms with van der Waals surface area (Å²) in [6.45, 7) is 3.43. The van der Waals surface area contributed by atoms with Gasteiger partial charge < -0.3 is 19.5 Å². The number of nitro benzene ring substituents is 1. The van der Waals surface area contributed by atoms with Crippen LogP contribution in [-0.2, 0) is 32.6 Å². The average molecular weight is 480 g/mol. The lowest BCUT2D eigenvalue weighted by Gasteiger charge is -2.13. The Morgan fingerprint density at radius 3 is 2.73 bits per heavy atom. The molecular weight excluding hydrogens is 454 g/mol. The quantitative estimate of drug-likeness (QED) is 0.298. The largest absolute Gasteiger partial charge is 0.493 e. The van der Waals surface area contributed by atoms with E-state index in [0.29, 0.717) is 23.7 Å². The normalized spacial score (nSPS) is 14.8. The van der Waals surface area contributed by atoms with Crippen LogP contribution in [0.1, 0.15) is 25.0 Å². The molecule has 1 heterocycles. The molecule has 0 fully saturated rings. The molecule has 0 saturated carbocycles. The van der Waals surface area contributed by atoms with Crippen molar-refractivity contribution in [1.82, 2.24) is 4.72 Å². The van der Waals surface area contributed by atoms with E-state index in [2.05, 4.69) is 10.0 Å². The molecule has 0 aliphatic carbocycles. The number of anilines is 1. The van der Waals surface area contributed by atoms with Gasteiger partial charge in [-0.1, -0.05) is 0 Å². The van der Waals surface area contributed by atoms with Crippen molar-refractivity contribution in [3.63, 3.8) is 0 Å². The van der Waals surface area contributed by atoms with Crippen LogP contribution in [0.15, 0.2) is 35.2 Å². The molecule has 12 heteroatoms. The highest BCUT2D eigenvalue weighted by Crippen LogP contribution is 2.35. The molecule has 0 radical (unpaired) electrons. The fourth-order valence-electron chi connectivity index (χ4n) is 3.37. The highest BCUT2D eigenvalue weighted by Gasteiger charge is 2.24. The highest BCUT2D eigenvalue weighted by molar-refractivity contribution is 7.89. The van der Waals surface area contributed by atoms with E-state index in [-0.39, 0.29) is 23.3 Å². The Kier molecular flexibility index (Phi) is 7.39. The summed E-state index contributed by atoms with van der Waals surface area (Å²) in [6.07, 6.45) is 0.796. The number of nitrogens with zero attached hydrogens (tertiary/aromatic N) is 1. The minimum absolute atomic E-state index is 0.0414. The Hall–Kier alpha value is -3.38. The third kappa shape index (κ3) is 5.71. The van der Waals surface area contributed by atoms with E-state index < -0.39 is 33.1 Å². The first-order chi connectivity index (χ1) is 15.6. The maximum atomic E-state index is 12.5. The number of hydrogen-bond acceptors (Lipinski definition) is 9.